The van der Waals surface area contributed by atoms with Crippen LogP contribution in [0.1, 0.15) is 48.4 Å². The van der Waals surface area contributed by atoms with Gasteiger partial charge in [-0.25, -0.2) is 0 Å². The van der Waals surface area contributed by atoms with Crippen molar-refractivity contribution in [3.63, 3.8) is 0 Å². The first-order chi connectivity index (χ1) is 12.0. The minimum Gasteiger partial charge on any atom is -0.360 e. The van der Waals surface area contributed by atoms with Crippen molar-refractivity contribution in [1.29, 1.82) is 0 Å². The maximum Gasteiger partial charge on any atom is 0.273 e. The first-order valence-electron chi connectivity index (χ1n) is 8.59. The average Bonchev–Trinajstić information content (AvgIpc) is 3.03. The SMILES string of the molecule is C[C@H]1C[C@H](CNC(=O)c2cc(C3CC3)on2)C(=O)N1c1cnn(C)c1. The lowest BCUT2D eigenvalue weighted by atomic mass is 10.1. The largest absolute Gasteiger partial charge is 0.360 e. The zero-order valence-electron chi connectivity index (χ0n) is 14.3. The molecule has 4 rings (SSSR count). The molecule has 1 aliphatic heterocycles. The van der Waals surface area contributed by atoms with Crippen molar-refractivity contribution in [3.05, 3.63) is 29.9 Å². The molecule has 2 aromatic heterocycles. The van der Waals surface area contributed by atoms with Gasteiger partial charge in [-0.3, -0.25) is 14.3 Å². The Labute approximate surface area is 145 Å². The van der Waals surface area contributed by atoms with Gasteiger partial charge in [-0.2, -0.15) is 5.10 Å². The molecule has 0 spiro atoms. The zero-order valence-corrected chi connectivity index (χ0v) is 14.3. The number of hydrogen-bond acceptors (Lipinski definition) is 5. The van der Waals surface area contributed by atoms with Crippen LogP contribution in [0.5, 0.6) is 0 Å². The first-order valence-corrected chi connectivity index (χ1v) is 8.59. The summed E-state index contributed by atoms with van der Waals surface area (Å²) >= 11 is 0. The normalized spacial score (nSPS) is 23.3. The molecule has 0 bridgehead atoms. The summed E-state index contributed by atoms with van der Waals surface area (Å²) < 4.78 is 6.87. The summed E-state index contributed by atoms with van der Waals surface area (Å²) in [5.41, 5.74) is 1.07. The van der Waals surface area contributed by atoms with E-state index in [-0.39, 0.29) is 29.5 Å². The molecule has 2 aliphatic rings. The van der Waals surface area contributed by atoms with E-state index in [9.17, 15) is 9.59 Å². The van der Waals surface area contributed by atoms with Crippen LogP contribution in [0.25, 0.3) is 0 Å². The molecular formula is C17H21N5O3. The average molecular weight is 343 g/mol. The third kappa shape index (κ3) is 3.04. The van der Waals surface area contributed by atoms with Gasteiger partial charge in [0.1, 0.15) is 5.76 Å². The van der Waals surface area contributed by atoms with Gasteiger partial charge < -0.3 is 14.7 Å². The molecule has 25 heavy (non-hydrogen) atoms. The van der Waals surface area contributed by atoms with Gasteiger partial charge in [-0.05, 0) is 26.2 Å². The van der Waals surface area contributed by atoms with Gasteiger partial charge in [0.05, 0.1) is 17.8 Å². The number of nitrogens with zero attached hydrogens (tertiary/aromatic N) is 4. The fraction of sp³-hybridized carbons (Fsp3) is 0.529. The van der Waals surface area contributed by atoms with Crippen LogP contribution in [-0.2, 0) is 11.8 Å². The van der Waals surface area contributed by atoms with Gasteiger partial charge in [-0.1, -0.05) is 5.16 Å². The molecular weight excluding hydrogens is 322 g/mol. The van der Waals surface area contributed by atoms with Crippen molar-refractivity contribution >= 4 is 17.5 Å². The molecule has 2 amide bonds. The van der Waals surface area contributed by atoms with E-state index in [1.165, 1.54) is 0 Å². The molecule has 132 valence electrons. The second-order valence-electron chi connectivity index (χ2n) is 6.96. The summed E-state index contributed by atoms with van der Waals surface area (Å²) in [5.74, 6) is 0.669. The van der Waals surface area contributed by atoms with Crippen molar-refractivity contribution in [2.75, 3.05) is 11.4 Å². The Morgan fingerprint density at radius 2 is 2.24 bits per heavy atom. The monoisotopic (exact) mass is 343 g/mol. The van der Waals surface area contributed by atoms with Crippen LogP contribution in [0.4, 0.5) is 5.69 Å². The molecule has 1 N–H and O–H groups in total. The van der Waals surface area contributed by atoms with E-state index in [4.69, 9.17) is 4.52 Å². The highest BCUT2D eigenvalue weighted by atomic mass is 16.5. The van der Waals surface area contributed by atoms with Gasteiger partial charge in [0.15, 0.2) is 5.69 Å². The van der Waals surface area contributed by atoms with E-state index in [0.29, 0.717) is 18.9 Å². The number of aryl methyl sites for hydroxylation is 1. The highest BCUT2D eigenvalue weighted by Gasteiger charge is 2.38. The van der Waals surface area contributed by atoms with E-state index < -0.39 is 0 Å². The number of nitrogens with one attached hydrogen (secondary N) is 1. The van der Waals surface area contributed by atoms with Crippen LogP contribution in [0.15, 0.2) is 23.0 Å². The number of amides is 2. The molecule has 2 atom stereocenters. The number of anilines is 1. The minimum atomic E-state index is -0.295. The molecule has 0 unspecified atom stereocenters. The Morgan fingerprint density at radius 1 is 1.44 bits per heavy atom. The summed E-state index contributed by atoms with van der Waals surface area (Å²) in [4.78, 5) is 26.7. The number of rotatable bonds is 5. The van der Waals surface area contributed by atoms with Crippen molar-refractivity contribution < 1.29 is 14.1 Å². The third-order valence-corrected chi connectivity index (χ3v) is 4.87. The summed E-state index contributed by atoms with van der Waals surface area (Å²) in [6, 6.07) is 1.78. The predicted octanol–water partition coefficient (Wildman–Crippen LogP) is 1.46. The van der Waals surface area contributed by atoms with E-state index in [0.717, 1.165) is 24.3 Å². The summed E-state index contributed by atoms with van der Waals surface area (Å²) in [5, 5.41) is 10.8. The second-order valence-corrected chi connectivity index (χ2v) is 6.96. The minimum absolute atomic E-state index is 0.0135. The van der Waals surface area contributed by atoms with Crippen molar-refractivity contribution in [2.45, 2.75) is 38.1 Å². The quantitative estimate of drug-likeness (QED) is 0.887. The maximum absolute atomic E-state index is 12.7. The molecule has 0 radical (unpaired) electrons. The first kappa shape index (κ1) is 15.9. The number of hydrogen-bond donors (Lipinski definition) is 1. The fourth-order valence-corrected chi connectivity index (χ4v) is 3.38. The lowest BCUT2D eigenvalue weighted by Crippen LogP contribution is -2.35. The zero-order chi connectivity index (χ0) is 17.6. The number of carbonyl (C=O) groups excluding carboxylic acids is 2. The maximum atomic E-state index is 12.7. The van der Waals surface area contributed by atoms with Crippen LogP contribution >= 0.6 is 0 Å². The molecule has 0 aromatic carbocycles. The van der Waals surface area contributed by atoms with Gasteiger partial charge in [-0.15, -0.1) is 0 Å². The molecule has 3 heterocycles. The standard InChI is InChI=1S/C17H21N5O3/c1-10-5-12(17(24)22(10)13-8-19-21(2)9-13)7-18-16(23)14-6-15(25-20-14)11-3-4-11/h6,8-12H,3-5,7H2,1-2H3,(H,18,23)/t10-,12+/m0/s1. The summed E-state index contributed by atoms with van der Waals surface area (Å²) in [6.45, 7) is 2.30. The van der Waals surface area contributed by atoms with Crippen molar-refractivity contribution in [2.24, 2.45) is 13.0 Å². The molecule has 8 nitrogen and oxygen atoms in total. The lowest BCUT2D eigenvalue weighted by molar-refractivity contribution is -0.120. The highest BCUT2D eigenvalue weighted by molar-refractivity contribution is 5.98. The highest BCUT2D eigenvalue weighted by Crippen LogP contribution is 2.40. The van der Waals surface area contributed by atoms with E-state index in [1.807, 2.05) is 20.2 Å². The summed E-state index contributed by atoms with van der Waals surface area (Å²) in [6.07, 6.45) is 6.39. The Bertz CT molecular complexity index is 807. The molecule has 8 heteroatoms. The van der Waals surface area contributed by atoms with Gasteiger partial charge in [0.2, 0.25) is 5.91 Å². The second kappa shape index (κ2) is 6.02. The van der Waals surface area contributed by atoms with E-state index in [1.54, 1.807) is 21.8 Å². The summed E-state index contributed by atoms with van der Waals surface area (Å²) in [7, 11) is 1.82. The molecule has 2 fully saturated rings. The Hall–Kier alpha value is -2.64. The van der Waals surface area contributed by atoms with Crippen molar-refractivity contribution in [1.82, 2.24) is 20.3 Å². The molecule has 1 aliphatic carbocycles. The molecule has 1 saturated heterocycles. The molecule has 2 aromatic rings. The molecule has 1 saturated carbocycles. The van der Waals surface area contributed by atoms with Crippen LogP contribution in [-0.4, -0.2) is 39.3 Å². The Morgan fingerprint density at radius 3 is 2.92 bits per heavy atom. The Kier molecular flexibility index (Phi) is 3.82. The lowest BCUT2D eigenvalue weighted by Gasteiger charge is -2.19. The van der Waals surface area contributed by atoms with E-state index in [2.05, 4.69) is 15.6 Å². The topological polar surface area (TPSA) is 93.3 Å². The number of carbonyl (C=O) groups is 2. The smallest absolute Gasteiger partial charge is 0.273 e. The van der Waals surface area contributed by atoms with Crippen molar-refractivity contribution in [3.8, 4) is 0 Å². The third-order valence-electron chi connectivity index (χ3n) is 4.87. The van der Waals surface area contributed by atoms with Crippen LogP contribution < -0.4 is 10.2 Å². The number of aromatic nitrogens is 3. The van der Waals surface area contributed by atoms with Crippen LogP contribution in [0.2, 0.25) is 0 Å². The fourth-order valence-electron chi connectivity index (χ4n) is 3.38. The van der Waals surface area contributed by atoms with Crippen LogP contribution in [0.3, 0.4) is 0 Å². The predicted molar refractivity (Wildman–Crippen MR) is 89.1 cm³/mol. The van der Waals surface area contributed by atoms with Gasteiger partial charge >= 0.3 is 0 Å². The van der Waals surface area contributed by atoms with Gasteiger partial charge in [0, 0.05) is 37.8 Å². The van der Waals surface area contributed by atoms with Gasteiger partial charge in [0.25, 0.3) is 5.91 Å². The van der Waals surface area contributed by atoms with Crippen LogP contribution in [0, 0.1) is 5.92 Å². The Balaban J connectivity index is 1.37. The van der Waals surface area contributed by atoms with E-state index >= 15 is 0 Å².